The van der Waals surface area contributed by atoms with Crippen molar-refractivity contribution < 1.29 is 9.90 Å². The van der Waals surface area contributed by atoms with Gasteiger partial charge in [0, 0.05) is 23.4 Å². The van der Waals surface area contributed by atoms with Gasteiger partial charge in [-0.15, -0.1) is 16.8 Å². The summed E-state index contributed by atoms with van der Waals surface area (Å²) in [4.78, 5) is 14.7. The fraction of sp³-hybridized carbons (Fsp3) is 0.238. The van der Waals surface area contributed by atoms with Crippen LogP contribution in [0, 0.1) is 11.3 Å². The van der Waals surface area contributed by atoms with Crippen molar-refractivity contribution in [2.24, 2.45) is 5.73 Å². The quantitative estimate of drug-likeness (QED) is 0.536. The molecule has 7 nitrogen and oxygen atoms in total. The van der Waals surface area contributed by atoms with E-state index in [1.54, 1.807) is 35.2 Å². The Morgan fingerprint density at radius 1 is 1.37 bits per heavy atom. The van der Waals surface area contributed by atoms with E-state index in [0.717, 1.165) is 15.6 Å². The fourth-order valence-electron chi connectivity index (χ4n) is 3.79. The molecule has 2 aromatic rings. The Morgan fingerprint density at radius 2 is 2.13 bits per heavy atom. The zero-order chi connectivity index (χ0) is 21.3. The van der Waals surface area contributed by atoms with E-state index in [4.69, 9.17) is 5.73 Å². The lowest BCUT2D eigenvalue weighted by Gasteiger charge is -2.38. The van der Waals surface area contributed by atoms with Gasteiger partial charge in [-0.3, -0.25) is 9.69 Å². The van der Waals surface area contributed by atoms with Crippen molar-refractivity contribution in [3.05, 3.63) is 65.1 Å². The summed E-state index contributed by atoms with van der Waals surface area (Å²) in [5, 5.41) is 28.6. The van der Waals surface area contributed by atoms with E-state index in [2.05, 4.69) is 22.8 Å². The summed E-state index contributed by atoms with van der Waals surface area (Å²) in [5.41, 5.74) is 8.88. The molecule has 2 aliphatic rings. The number of thioether (sulfide) groups is 1. The molecule has 1 aliphatic heterocycles. The Kier molecular flexibility index (Phi) is 5.61. The number of aromatic hydroxyl groups is 1. The van der Waals surface area contributed by atoms with Crippen LogP contribution in [0.3, 0.4) is 0 Å². The number of hydrogen-bond donors (Lipinski definition) is 2. The molecular formula is C21H19N5O2S2. The molecule has 0 bridgehead atoms. The average Bonchev–Trinajstić information content (AvgIpc) is 3.20. The number of hydrogen-bond acceptors (Lipinski definition) is 9. The Balaban J connectivity index is 1.86. The van der Waals surface area contributed by atoms with Crippen LogP contribution in [-0.4, -0.2) is 26.8 Å². The van der Waals surface area contributed by atoms with E-state index in [1.165, 1.54) is 23.1 Å². The van der Waals surface area contributed by atoms with E-state index in [-0.39, 0.29) is 17.4 Å². The van der Waals surface area contributed by atoms with E-state index >= 15 is 0 Å². The molecule has 0 saturated heterocycles. The Morgan fingerprint density at radius 3 is 2.83 bits per heavy atom. The lowest BCUT2D eigenvalue weighted by atomic mass is 9.76. The summed E-state index contributed by atoms with van der Waals surface area (Å²) in [6, 6.07) is 8.76. The summed E-state index contributed by atoms with van der Waals surface area (Å²) < 4.78 is 0.765. The maximum Gasteiger partial charge on any atom is 0.219 e. The third kappa shape index (κ3) is 3.49. The van der Waals surface area contributed by atoms with Gasteiger partial charge in [0.1, 0.15) is 11.6 Å². The number of carbonyl (C=O) groups excluding carboxylic acids is 1. The molecule has 0 saturated carbocycles. The van der Waals surface area contributed by atoms with Gasteiger partial charge >= 0.3 is 0 Å². The molecule has 3 N–H and O–H groups in total. The van der Waals surface area contributed by atoms with Crippen molar-refractivity contribution in [3.63, 3.8) is 0 Å². The van der Waals surface area contributed by atoms with Gasteiger partial charge in [0.25, 0.3) is 0 Å². The maximum atomic E-state index is 13.0. The molecule has 1 aromatic carbocycles. The number of carbonyl (C=O) groups is 1. The summed E-state index contributed by atoms with van der Waals surface area (Å²) >= 11 is 2.88. The normalized spacial score (nSPS) is 19.0. The summed E-state index contributed by atoms with van der Waals surface area (Å²) in [6.07, 6.45) is 3.58. The molecule has 152 valence electrons. The SMILES string of the molecule is C=CCSc1nnc(N2C(N)=C(C#N)C(c3ccc(O)cc3)C3=C2CCCC3=O)s1. The highest BCUT2D eigenvalue weighted by molar-refractivity contribution is 8.01. The second kappa shape index (κ2) is 8.34. The van der Waals surface area contributed by atoms with Crippen molar-refractivity contribution in [2.75, 3.05) is 10.7 Å². The smallest absolute Gasteiger partial charge is 0.219 e. The molecule has 1 atom stereocenters. The zero-order valence-corrected chi connectivity index (χ0v) is 17.7. The minimum absolute atomic E-state index is 0.00495. The molecule has 0 amide bonds. The van der Waals surface area contributed by atoms with Crippen LogP contribution in [0.15, 0.2) is 63.9 Å². The minimum atomic E-state index is -0.558. The molecule has 2 heterocycles. The van der Waals surface area contributed by atoms with Gasteiger partial charge in [-0.1, -0.05) is 41.3 Å². The Bertz CT molecular complexity index is 1110. The zero-order valence-electron chi connectivity index (χ0n) is 16.0. The van der Waals surface area contributed by atoms with Crippen molar-refractivity contribution in [3.8, 4) is 11.8 Å². The largest absolute Gasteiger partial charge is 0.508 e. The molecule has 1 aliphatic carbocycles. The first-order chi connectivity index (χ1) is 14.5. The molecule has 0 fully saturated rings. The number of nitrogens with two attached hydrogens (primary N) is 1. The first-order valence-electron chi connectivity index (χ1n) is 9.37. The number of nitriles is 1. The highest BCUT2D eigenvalue weighted by Gasteiger charge is 2.41. The minimum Gasteiger partial charge on any atom is -0.508 e. The third-order valence-corrected chi connectivity index (χ3v) is 7.09. The Hall–Kier alpha value is -3.09. The summed E-state index contributed by atoms with van der Waals surface area (Å²) in [5.74, 6) is 0.538. The molecule has 0 spiro atoms. The van der Waals surface area contributed by atoms with Crippen LogP contribution < -0.4 is 10.6 Å². The van der Waals surface area contributed by atoms with Crippen LogP contribution in [0.2, 0.25) is 0 Å². The summed E-state index contributed by atoms with van der Waals surface area (Å²) in [7, 11) is 0. The molecule has 9 heteroatoms. The van der Waals surface area contributed by atoms with E-state index in [9.17, 15) is 15.2 Å². The van der Waals surface area contributed by atoms with Gasteiger partial charge in [0.2, 0.25) is 5.13 Å². The van der Waals surface area contributed by atoms with E-state index in [0.29, 0.717) is 41.3 Å². The van der Waals surface area contributed by atoms with Gasteiger partial charge < -0.3 is 10.8 Å². The van der Waals surface area contributed by atoms with Crippen LogP contribution in [-0.2, 0) is 4.79 Å². The lowest BCUT2D eigenvalue weighted by Crippen LogP contribution is -2.38. The average molecular weight is 438 g/mol. The topological polar surface area (TPSA) is 116 Å². The standard InChI is InChI=1S/C21H19N5O2S2/c1-2-10-29-21-25-24-20(30-21)26-15-4-3-5-16(28)18(15)17(14(11-22)19(26)23)12-6-8-13(27)9-7-12/h2,6-9,17,27H,1,3-5,10,23H2. The van der Waals surface area contributed by atoms with Crippen LogP contribution in [0.25, 0.3) is 0 Å². The van der Waals surface area contributed by atoms with Crippen molar-refractivity contribution in [1.82, 2.24) is 10.2 Å². The summed E-state index contributed by atoms with van der Waals surface area (Å²) in [6.45, 7) is 3.71. The first-order valence-corrected chi connectivity index (χ1v) is 11.2. The molecule has 30 heavy (non-hydrogen) atoms. The molecular weight excluding hydrogens is 418 g/mol. The van der Waals surface area contributed by atoms with E-state index in [1.807, 2.05) is 0 Å². The van der Waals surface area contributed by atoms with Crippen LogP contribution in [0.5, 0.6) is 5.75 Å². The van der Waals surface area contributed by atoms with Crippen molar-refractivity contribution >= 4 is 34.0 Å². The highest BCUT2D eigenvalue weighted by Crippen LogP contribution is 2.47. The van der Waals surface area contributed by atoms with Crippen LogP contribution in [0.4, 0.5) is 5.13 Å². The van der Waals surface area contributed by atoms with Gasteiger partial charge in [0.05, 0.1) is 17.6 Å². The second-order valence-corrected chi connectivity index (χ2v) is 9.08. The number of benzene rings is 1. The van der Waals surface area contributed by atoms with Gasteiger partial charge in [-0.2, -0.15) is 5.26 Å². The number of anilines is 1. The second-order valence-electron chi connectivity index (χ2n) is 6.86. The number of phenols is 1. The van der Waals surface area contributed by atoms with Crippen molar-refractivity contribution in [2.45, 2.75) is 29.5 Å². The monoisotopic (exact) mass is 437 g/mol. The molecule has 1 aromatic heterocycles. The Labute approximate surface area is 182 Å². The third-order valence-electron chi connectivity index (χ3n) is 5.05. The van der Waals surface area contributed by atoms with Crippen molar-refractivity contribution in [1.29, 1.82) is 5.26 Å². The van der Waals surface area contributed by atoms with Crippen LogP contribution >= 0.6 is 23.1 Å². The number of Topliss-reactive ketones (excluding diaryl/α,β-unsaturated/α-hetero) is 1. The first kappa shape index (κ1) is 20.2. The predicted octanol–water partition coefficient (Wildman–Crippen LogP) is 3.83. The maximum absolute atomic E-state index is 13.0. The number of allylic oxidation sites excluding steroid dienone is 3. The number of ketones is 1. The van der Waals surface area contributed by atoms with Gasteiger partial charge in [0.15, 0.2) is 10.1 Å². The number of nitrogens with zero attached hydrogens (tertiary/aromatic N) is 4. The van der Waals surface area contributed by atoms with E-state index < -0.39 is 5.92 Å². The fourth-order valence-corrected chi connectivity index (χ4v) is 5.43. The van der Waals surface area contributed by atoms with Gasteiger partial charge in [-0.25, -0.2) is 0 Å². The van der Waals surface area contributed by atoms with Gasteiger partial charge in [-0.05, 0) is 30.5 Å². The number of aromatic nitrogens is 2. The molecule has 0 radical (unpaired) electrons. The predicted molar refractivity (Wildman–Crippen MR) is 117 cm³/mol. The number of phenolic OH excluding ortho intramolecular Hbond substituents is 1. The lowest BCUT2D eigenvalue weighted by molar-refractivity contribution is -0.116. The molecule has 1 unspecified atom stereocenters. The highest BCUT2D eigenvalue weighted by atomic mass is 32.2. The number of rotatable bonds is 5. The molecule has 4 rings (SSSR count). The van der Waals surface area contributed by atoms with Crippen LogP contribution in [0.1, 0.15) is 30.7 Å².